The summed E-state index contributed by atoms with van der Waals surface area (Å²) in [4.78, 5) is 1.47. The van der Waals surface area contributed by atoms with Crippen molar-refractivity contribution >= 4 is 28.3 Å². The Bertz CT molecular complexity index is 123. The second kappa shape index (κ2) is 4.10. The Morgan fingerprint density at radius 2 is 2.38 bits per heavy atom. The Labute approximate surface area is 64.3 Å². The molecule has 0 aliphatic heterocycles. The van der Waals surface area contributed by atoms with Crippen molar-refractivity contribution in [2.75, 3.05) is 0 Å². The lowest BCUT2D eigenvalue weighted by molar-refractivity contribution is 1.19. The molecule has 0 unspecified atom stereocenters. The minimum atomic E-state index is 0. The molecule has 1 aromatic rings. The zero-order valence-electron chi connectivity index (χ0n) is 4.76. The Hall–Kier alpha value is 0.180. The van der Waals surface area contributed by atoms with Gasteiger partial charge in [-0.15, -0.1) is 28.3 Å². The molecule has 0 aromatic carbocycles. The topological polar surface area (TPSA) is 0 Å². The third kappa shape index (κ3) is 1.97. The lowest BCUT2D eigenvalue weighted by Gasteiger charge is -1.78. The van der Waals surface area contributed by atoms with Crippen LogP contribution in [-0.4, -0.2) is 0 Å². The summed E-state index contributed by atoms with van der Waals surface area (Å²) in [6.45, 7) is 2.17. The molecule has 1 aromatic heterocycles. The smallest absolute Gasteiger partial charge is 0.00424 e. The third-order valence-electron chi connectivity index (χ3n) is 0.929. The van der Waals surface area contributed by atoms with Gasteiger partial charge in [0.05, 0.1) is 0 Å². The Morgan fingerprint density at radius 1 is 1.62 bits per heavy atom. The van der Waals surface area contributed by atoms with E-state index < -0.39 is 0 Å². The molecular formula is C6H9BrS. The summed E-state index contributed by atoms with van der Waals surface area (Å²) in [7, 11) is 0. The monoisotopic (exact) mass is 192 g/mol. The van der Waals surface area contributed by atoms with Crippen molar-refractivity contribution in [2.24, 2.45) is 0 Å². The average Bonchev–Trinajstić information content (AvgIpc) is 2.14. The van der Waals surface area contributed by atoms with Crippen molar-refractivity contribution in [2.45, 2.75) is 13.3 Å². The molecule has 0 atom stereocenters. The highest BCUT2D eigenvalue weighted by Crippen LogP contribution is 2.07. The highest BCUT2D eigenvalue weighted by Gasteiger charge is 1.82. The Kier molecular flexibility index (Phi) is 4.19. The summed E-state index contributed by atoms with van der Waals surface area (Å²) in [6, 6.07) is 4.24. The van der Waals surface area contributed by atoms with Gasteiger partial charge in [-0.1, -0.05) is 13.0 Å². The molecule has 0 amide bonds. The molecule has 0 aliphatic rings. The van der Waals surface area contributed by atoms with E-state index in [-0.39, 0.29) is 17.0 Å². The summed E-state index contributed by atoms with van der Waals surface area (Å²) in [5.74, 6) is 0. The quantitative estimate of drug-likeness (QED) is 0.643. The van der Waals surface area contributed by atoms with Gasteiger partial charge in [0.15, 0.2) is 0 Å². The average molecular weight is 193 g/mol. The van der Waals surface area contributed by atoms with E-state index in [1.807, 2.05) is 11.3 Å². The minimum Gasteiger partial charge on any atom is -0.149 e. The van der Waals surface area contributed by atoms with E-state index in [0.717, 1.165) is 0 Å². The number of thiophene rings is 1. The van der Waals surface area contributed by atoms with Crippen LogP contribution in [0.5, 0.6) is 0 Å². The van der Waals surface area contributed by atoms with Crippen LogP contribution >= 0.6 is 28.3 Å². The Balaban J connectivity index is 0.000000490. The van der Waals surface area contributed by atoms with E-state index >= 15 is 0 Å². The van der Waals surface area contributed by atoms with Crippen molar-refractivity contribution in [3.63, 3.8) is 0 Å². The molecule has 0 fully saturated rings. The largest absolute Gasteiger partial charge is 0.149 e. The predicted molar refractivity (Wildman–Crippen MR) is 44.0 cm³/mol. The van der Waals surface area contributed by atoms with Gasteiger partial charge in [-0.3, -0.25) is 0 Å². The first-order valence-corrected chi connectivity index (χ1v) is 3.34. The van der Waals surface area contributed by atoms with Crippen LogP contribution in [0.2, 0.25) is 0 Å². The molecule has 2 heteroatoms. The van der Waals surface area contributed by atoms with Crippen LogP contribution in [0.1, 0.15) is 11.8 Å². The van der Waals surface area contributed by atoms with E-state index in [0.29, 0.717) is 0 Å². The van der Waals surface area contributed by atoms with Crippen molar-refractivity contribution in [1.29, 1.82) is 0 Å². The van der Waals surface area contributed by atoms with Crippen LogP contribution in [0.15, 0.2) is 17.5 Å². The molecule has 0 spiro atoms. The molecule has 0 saturated carbocycles. The van der Waals surface area contributed by atoms with Crippen LogP contribution in [-0.2, 0) is 6.42 Å². The zero-order chi connectivity index (χ0) is 5.11. The summed E-state index contributed by atoms with van der Waals surface area (Å²) in [6.07, 6.45) is 1.18. The van der Waals surface area contributed by atoms with Crippen molar-refractivity contribution < 1.29 is 0 Å². The fourth-order valence-electron chi connectivity index (χ4n) is 0.514. The minimum absolute atomic E-state index is 0. The summed E-state index contributed by atoms with van der Waals surface area (Å²) >= 11 is 1.82. The fraction of sp³-hybridized carbons (Fsp3) is 0.333. The summed E-state index contributed by atoms with van der Waals surface area (Å²) < 4.78 is 0. The van der Waals surface area contributed by atoms with Gasteiger partial charge in [0.25, 0.3) is 0 Å². The number of hydrogen-bond donors (Lipinski definition) is 0. The molecule has 0 aliphatic carbocycles. The first-order valence-electron chi connectivity index (χ1n) is 2.46. The number of rotatable bonds is 1. The van der Waals surface area contributed by atoms with Crippen LogP contribution in [0.25, 0.3) is 0 Å². The van der Waals surface area contributed by atoms with Crippen LogP contribution < -0.4 is 0 Å². The lowest BCUT2D eigenvalue weighted by atomic mass is 10.4. The van der Waals surface area contributed by atoms with E-state index in [9.17, 15) is 0 Å². The van der Waals surface area contributed by atoms with E-state index in [1.165, 1.54) is 11.3 Å². The normalized spacial score (nSPS) is 8.12. The summed E-state index contributed by atoms with van der Waals surface area (Å²) in [5.41, 5.74) is 0. The molecule has 1 rings (SSSR count). The van der Waals surface area contributed by atoms with Gasteiger partial charge in [-0.05, 0) is 17.9 Å². The molecule has 1 heterocycles. The van der Waals surface area contributed by atoms with Gasteiger partial charge in [-0.25, -0.2) is 0 Å². The second-order valence-electron chi connectivity index (χ2n) is 1.43. The summed E-state index contributed by atoms with van der Waals surface area (Å²) in [5, 5.41) is 2.11. The van der Waals surface area contributed by atoms with Crippen molar-refractivity contribution in [1.82, 2.24) is 0 Å². The maximum atomic E-state index is 2.17. The van der Waals surface area contributed by atoms with Gasteiger partial charge >= 0.3 is 0 Å². The SMILES string of the molecule is Br.CCc1cccs1. The molecule has 8 heavy (non-hydrogen) atoms. The third-order valence-corrected chi connectivity index (χ3v) is 1.95. The molecule has 0 N–H and O–H groups in total. The lowest BCUT2D eigenvalue weighted by Crippen LogP contribution is -1.63. The van der Waals surface area contributed by atoms with Crippen LogP contribution in [0, 0.1) is 0 Å². The molecule has 46 valence electrons. The molecule has 0 radical (unpaired) electrons. The van der Waals surface area contributed by atoms with Gasteiger partial charge in [0.1, 0.15) is 0 Å². The van der Waals surface area contributed by atoms with Gasteiger partial charge in [-0.2, -0.15) is 0 Å². The first kappa shape index (κ1) is 8.18. The van der Waals surface area contributed by atoms with E-state index in [4.69, 9.17) is 0 Å². The highest BCUT2D eigenvalue weighted by atomic mass is 79.9. The zero-order valence-corrected chi connectivity index (χ0v) is 7.29. The van der Waals surface area contributed by atoms with E-state index in [1.54, 1.807) is 0 Å². The number of hydrogen-bond acceptors (Lipinski definition) is 1. The maximum absolute atomic E-state index is 2.17. The van der Waals surface area contributed by atoms with Crippen LogP contribution in [0.3, 0.4) is 0 Å². The molecule has 0 nitrogen and oxygen atoms in total. The maximum Gasteiger partial charge on any atom is 0.00424 e. The number of halogens is 1. The van der Waals surface area contributed by atoms with E-state index in [2.05, 4.69) is 24.4 Å². The second-order valence-corrected chi connectivity index (χ2v) is 2.47. The molecular weight excluding hydrogens is 184 g/mol. The standard InChI is InChI=1S/C6H8S.BrH/c1-2-6-4-3-5-7-6;/h3-5H,2H2,1H3;1H. The first-order chi connectivity index (χ1) is 3.43. The van der Waals surface area contributed by atoms with Gasteiger partial charge < -0.3 is 0 Å². The van der Waals surface area contributed by atoms with Gasteiger partial charge in [0, 0.05) is 4.88 Å². The van der Waals surface area contributed by atoms with Crippen molar-refractivity contribution in [3.05, 3.63) is 22.4 Å². The fourth-order valence-corrected chi connectivity index (χ4v) is 1.17. The van der Waals surface area contributed by atoms with Crippen LogP contribution in [0.4, 0.5) is 0 Å². The Morgan fingerprint density at radius 3 is 2.62 bits per heavy atom. The van der Waals surface area contributed by atoms with Crippen molar-refractivity contribution in [3.8, 4) is 0 Å². The van der Waals surface area contributed by atoms with Gasteiger partial charge in [0.2, 0.25) is 0 Å². The molecule has 0 saturated heterocycles. The predicted octanol–water partition coefficient (Wildman–Crippen LogP) is 2.89. The number of aryl methyl sites for hydroxylation is 1. The molecule has 0 bridgehead atoms. The highest BCUT2D eigenvalue weighted by molar-refractivity contribution is 8.93.